The van der Waals surface area contributed by atoms with Gasteiger partial charge in [-0.2, -0.15) is 10.2 Å². The number of pyridine rings is 1. The largest absolute Gasteiger partial charge is 0.308 e. The highest BCUT2D eigenvalue weighted by Gasteiger charge is 2.27. The molecule has 1 unspecified atom stereocenters. The Morgan fingerprint density at radius 2 is 1.68 bits per heavy atom. The lowest BCUT2D eigenvalue weighted by molar-refractivity contribution is -0.126. The molecule has 0 fully saturated rings. The van der Waals surface area contributed by atoms with Gasteiger partial charge in [-0.15, -0.1) is 0 Å². The van der Waals surface area contributed by atoms with Crippen molar-refractivity contribution in [1.82, 2.24) is 21.0 Å². The number of dihydropyridines is 1. The second kappa shape index (κ2) is 12.2. The molecule has 34 heavy (non-hydrogen) atoms. The predicted octanol–water partition coefficient (Wildman–Crippen LogP) is 2.66. The zero-order valence-corrected chi connectivity index (χ0v) is 19.1. The van der Waals surface area contributed by atoms with Gasteiger partial charge >= 0.3 is 0 Å². The van der Waals surface area contributed by atoms with E-state index in [0.29, 0.717) is 42.3 Å². The average molecular weight is 469 g/mol. The maximum absolute atomic E-state index is 9.97. The van der Waals surface area contributed by atoms with Crippen LogP contribution >= 0.6 is 0 Å². The molecule has 0 bridgehead atoms. The molecule has 0 aliphatic carbocycles. The number of amidine groups is 1. The van der Waals surface area contributed by atoms with Crippen LogP contribution in [0.3, 0.4) is 0 Å². The van der Waals surface area contributed by atoms with Gasteiger partial charge in [0.05, 0.1) is 0 Å². The summed E-state index contributed by atoms with van der Waals surface area (Å²) in [5.74, 6) is 2.02. The van der Waals surface area contributed by atoms with Gasteiger partial charge in [0.25, 0.3) is 0 Å². The van der Waals surface area contributed by atoms with Crippen LogP contribution in [0.1, 0.15) is 51.4 Å². The number of aromatic nitrogens is 1. The van der Waals surface area contributed by atoms with Crippen LogP contribution in [-0.2, 0) is 0 Å². The number of hydroxylamine groups is 1. The first kappa shape index (κ1) is 23.8. The van der Waals surface area contributed by atoms with Gasteiger partial charge in [0.15, 0.2) is 11.7 Å². The summed E-state index contributed by atoms with van der Waals surface area (Å²) in [7, 11) is 0. The molecule has 1 aromatic rings. The molecule has 0 amide bonds. The lowest BCUT2D eigenvalue weighted by atomic mass is 10.1. The lowest BCUT2D eigenvalue weighted by Crippen LogP contribution is -2.53. The first-order valence-corrected chi connectivity index (χ1v) is 11.8. The van der Waals surface area contributed by atoms with Crippen molar-refractivity contribution in [1.29, 1.82) is 0 Å². The van der Waals surface area contributed by atoms with Crippen LogP contribution in [-0.4, -0.2) is 63.7 Å². The smallest absolute Gasteiger partial charge is 0.236 e. The minimum Gasteiger partial charge on any atom is -0.308 e. The topological polar surface area (TPSA) is 145 Å². The number of nitrogens with zero attached hydrogens (tertiary/aromatic N) is 7. The van der Waals surface area contributed by atoms with Gasteiger partial charge in [-0.05, 0) is 31.1 Å². The Kier molecular flexibility index (Phi) is 8.54. The number of hydrazine groups is 2. The molecule has 182 valence electrons. The van der Waals surface area contributed by atoms with Gasteiger partial charge in [0, 0.05) is 25.5 Å². The number of nitrogens with one attached hydrogen (secondary N) is 3. The molecule has 0 spiro atoms. The number of unbranched alkanes of at least 4 members (excludes halogenated alkanes) is 7. The van der Waals surface area contributed by atoms with Gasteiger partial charge in [-0.1, -0.05) is 49.8 Å². The summed E-state index contributed by atoms with van der Waals surface area (Å²) >= 11 is 0. The number of allylic oxidation sites excluding steroid dienone is 1. The molecule has 3 aliphatic heterocycles. The molecule has 12 heteroatoms. The third kappa shape index (κ3) is 6.59. The van der Waals surface area contributed by atoms with Crippen LogP contribution in [0.4, 0.5) is 11.5 Å². The van der Waals surface area contributed by atoms with Crippen molar-refractivity contribution in [3.05, 3.63) is 30.5 Å². The molecule has 12 nitrogen and oxygen atoms in total. The van der Waals surface area contributed by atoms with E-state index in [1.165, 1.54) is 25.7 Å². The molecule has 0 aromatic carbocycles. The summed E-state index contributed by atoms with van der Waals surface area (Å²) in [6, 6.07) is 3.16. The van der Waals surface area contributed by atoms with E-state index in [4.69, 9.17) is 0 Å². The second-order valence-corrected chi connectivity index (χ2v) is 8.22. The molecule has 3 aliphatic rings. The highest BCUT2D eigenvalue weighted by molar-refractivity contribution is 6.07. The second-order valence-electron chi connectivity index (χ2n) is 8.22. The maximum atomic E-state index is 9.97. The number of fused-ring (bicyclic) bond motifs is 2. The van der Waals surface area contributed by atoms with Gasteiger partial charge in [0.1, 0.15) is 11.7 Å². The molecule has 0 radical (unpaired) electrons. The van der Waals surface area contributed by atoms with Crippen molar-refractivity contribution in [3.8, 4) is 0 Å². The van der Waals surface area contributed by atoms with E-state index >= 15 is 0 Å². The third-order valence-electron chi connectivity index (χ3n) is 5.61. The number of guanidine groups is 2. The van der Waals surface area contributed by atoms with Crippen LogP contribution in [0.15, 0.2) is 50.5 Å². The molecule has 0 saturated carbocycles. The van der Waals surface area contributed by atoms with Crippen molar-refractivity contribution in [2.75, 3.05) is 23.6 Å². The molecule has 5 N–H and O–H groups in total. The SMILES string of the molecule is ON1NC(=NCCCCCCCCCCN=C2N=C3N=CC=CC3N(O)N2)Nc2ncccc21. The normalized spacial score (nSPS) is 21.5. The van der Waals surface area contributed by atoms with Crippen LogP contribution in [0.2, 0.25) is 0 Å². The van der Waals surface area contributed by atoms with E-state index in [1.807, 2.05) is 6.08 Å². The van der Waals surface area contributed by atoms with Crippen LogP contribution in [0.5, 0.6) is 0 Å². The highest BCUT2D eigenvalue weighted by atomic mass is 16.5. The van der Waals surface area contributed by atoms with E-state index in [0.717, 1.165) is 36.0 Å². The van der Waals surface area contributed by atoms with Gasteiger partial charge in [0.2, 0.25) is 11.9 Å². The van der Waals surface area contributed by atoms with Gasteiger partial charge < -0.3 is 5.32 Å². The first-order chi connectivity index (χ1) is 16.7. The molecule has 4 rings (SSSR count). The summed E-state index contributed by atoms with van der Waals surface area (Å²) in [5.41, 5.74) is 6.12. The minimum absolute atomic E-state index is 0.363. The highest BCUT2D eigenvalue weighted by Crippen LogP contribution is 2.23. The number of anilines is 2. The van der Waals surface area contributed by atoms with E-state index < -0.39 is 0 Å². The lowest BCUT2D eigenvalue weighted by Gasteiger charge is -2.28. The molecule has 4 heterocycles. The Balaban J connectivity index is 1.02. The first-order valence-electron chi connectivity index (χ1n) is 11.8. The minimum atomic E-state index is -0.363. The Bertz CT molecular complexity index is 974. The Hall–Kier alpha value is -3.35. The van der Waals surface area contributed by atoms with Crippen LogP contribution in [0.25, 0.3) is 0 Å². The van der Waals surface area contributed by atoms with Crippen molar-refractivity contribution in [2.45, 2.75) is 57.4 Å². The zero-order valence-electron chi connectivity index (χ0n) is 19.1. The quantitative estimate of drug-likeness (QED) is 0.312. The number of rotatable bonds is 11. The average Bonchev–Trinajstić information content (AvgIpc) is 2.85. The molecule has 1 aromatic heterocycles. The van der Waals surface area contributed by atoms with Crippen molar-refractivity contribution < 1.29 is 10.4 Å². The molecule has 1 atom stereocenters. The number of hydrogen-bond acceptors (Lipinski definition) is 8. The fourth-order valence-corrected chi connectivity index (χ4v) is 3.80. The number of aliphatic imine (C=N–C) groups is 4. The summed E-state index contributed by atoms with van der Waals surface area (Å²) in [6.07, 6.45) is 16.0. The molecular formula is C22H32N10O2. The van der Waals surface area contributed by atoms with Crippen LogP contribution < -0.4 is 21.3 Å². The maximum Gasteiger partial charge on any atom is 0.236 e. The Morgan fingerprint density at radius 3 is 2.47 bits per heavy atom. The predicted molar refractivity (Wildman–Crippen MR) is 132 cm³/mol. The van der Waals surface area contributed by atoms with Gasteiger partial charge in [-0.25, -0.2) is 15.4 Å². The van der Waals surface area contributed by atoms with Crippen molar-refractivity contribution in [2.24, 2.45) is 20.0 Å². The third-order valence-corrected chi connectivity index (χ3v) is 5.61. The van der Waals surface area contributed by atoms with Crippen molar-refractivity contribution in [3.63, 3.8) is 0 Å². The molecular weight excluding hydrogens is 436 g/mol. The van der Waals surface area contributed by atoms with E-state index in [-0.39, 0.29) is 6.04 Å². The molecule has 0 saturated heterocycles. The summed E-state index contributed by atoms with van der Waals surface area (Å²) in [5, 5.41) is 24.9. The monoisotopic (exact) mass is 468 g/mol. The van der Waals surface area contributed by atoms with Crippen molar-refractivity contribution >= 4 is 35.5 Å². The fourth-order valence-electron chi connectivity index (χ4n) is 3.80. The summed E-state index contributed by atoms with van der Waals surface area (Å²) < 4.78 is 0. The Morgan fingerprint density at radius 1 is 0.941 bits per heavy atom. The van der Waals surface area contributed by atoms with E-state index in [1.54, 1.807) is 30.6 Å². The van der Waals surface area contributed by atoms with E-state index in [2.05, 4.69) is 41.1 Å². The zero-order chi connectivity index (χ0) is 23.6. The number of hydrogen-bond donors (Lipinski definition) is 5. The van der Waals surface area contributed by atoms with Gasteiger partial charge in [-0.3, -0.25) is 25.8 Å². The Labute approximate surface area is 198 Å². The summed E-state index contributed by atoms with van der Waals surface area (Å²) in [4.78, 5) is 21.6. The summed E-state index contributed by atoms with van der Waals surface area (Å²) in [6.45, 7) is 1.36. The van der Waals surface area contributed by atoms with E-state index in [9.17, 15) is 10.4 Å². The van der Waals surface area contributed by atoms with Crippen LogP contribution in [0, 0.1) is 0 Å². The standard InChI is InChI=1S/C22H32N10O2/c33-31-17-11-9-15-23-19(17)27-21(29-31)25-13-7-5-3-1-2-4-6-8-14-26-22-28-20-18(32(34)30-22)12-10-16-24-20/h9-12,15-17,33-34H,1-8,13-14H2,(H,25,29)(H2,24,26,28,30). The fraction of sp³-hybridized carbons (Fsp3) is 0.500.